The quantitative estimate of drug-likeness (QED) is 0.599. The number of aldehydes is 1. The number of nitrogens with one attached hydrogen (secondary N) is 2. The molecule has 2 N–H and O–H groups in total. The number of nitrogens with zero attached hydrogens (tertiary/aromatic N) is 2. The Morgan fingerprint density at radius 1 is 1.22 bits per heavy atom. The summed E-state index contributed by atoms with van der Waals surface area (Å²) >= 11 is 0. The third kappa shape index (κ3) is 5.51. The molecule has 0 aliphatic carbocycles. The van der Waals surface area contributed by atoms with Gasteiger partial charge in [0, 0.05) is 25.6 Å². The van der Waals surface area contributed by atoms with Gasteiger partial charge < -0.3 is 25.2 Å². The predicted octanol–water partition coefficient (Wildman–Crippen LogP) is 0.642. The summed E-state index contributed by atoms with van der Waals surface area (Å²) in [6.45, 7) is 2.18. The van der Waals surface area contributed by atoms with Gasteiger partial charge in [0.05, 0.1) is 12.1 Å². The molecule has 0 spiro atoms. The van der Waals surface area contributed by atoms with Gasteiger partial charge in [0.25, 0.3) is 0 Å². The van der Waals surface area contributed by atoms with Crippen LogP contribution in [0.25, 0.3) is 0 Å². The molecule has 3 amide bonds. The number of hydrogen-bond acceptors (Lipinski definition) is 5. The number of amides is 3. The number of likely N-dealkylation sites (N-methyl/N-ethyl adjacent to an activating group) is 1. The van der Waals surface area contributed by atoms with Gasteiger partial charge in [-0.15, -0.1) is 0 Å². The van der Waals surface area contributed by atoms with Crippen LogP contribution in [-0.2, 0) is 25.6 Å². The van der Waals surface area contributed by atoms with Crippen molar-refractivity contribution in [2.24, 2.45) is 0 Å². The van der Waals surface area contributed by atoms with E-state index in [2.05, 4.69) is 10.6 Å². The highest BCUT2D eigenvalue weighted by Gasteiger charge is 2.42. The minimum absolute atomic E-state index is 0.0536. The highest BCUT2D eigenvalue weighted by atomic mass is 19.1. The zero-order valence-corrected chi connectivity index (χ0v) is 18.6. The van der Waals surface area contributed by atoms with Crippen molar-refractivity contribution in [3.8, 4) is 0 Å². The Morgan fingerprint density at radius 3 is 2.59 bits per heavy atom. The van der Waals surface area contributed by atoms with E-state index in [1.165, 1.54) is 12.1 Å². The molecule has 1 aromatic rings. The van der Waals surface area contributed by atoms with E-state index >= 15 is 0 Å². The van der Waals surface area contributed by atoms with E-state index in [4.69, 9.17) is 0 Å². The van der Waals surface area contributed by atoms with E-state index in [1.807, 2.05) is 0 Å². The Labute approximate surface area is 187 Å². The summed E-state index contributed by atoms with van der Waals surface area (Å²) in [4.78, 5) is 53.6. The number of halogens is 1. The molecular weight excluding hydrogens is 415 g/mol. The topological polar surface area (TPSA) is 98.8 Å². The fraction of sp³-hybridized carbons (Fsp3) is 0.565. The predicted molar refractivity (Wildman–Crippen MR) is 116 cm³/mol. The fourth-order valence-electron chi connectivity index (χ4n) is 4.37. The number of benzene rings is 1. The van der Waals surface area contributed by atoms with E-state index in [-0.39, 0.29) is 42.5 Å². The van der Waals surface area contributed by atoms with Gasteiger partial charge in [-0.2, -0.15) is 0 Å². The third-order valence-corrected chi connectivity index (χ3v) is 6.43. The number of rotatable bonds is 7. The Kier molecular flexibility index (Phi) is 7.95. The zero-order valence-electron chi connectivity index (χ0n) is 18.6. The van der Waals surface area contributed by atoms with Crippen LogP contribution in [-0.4, -0.2) is 78.1 Å². The first kappa shape index (κ1) is 23.8. The van der Waals surface area contributed by atoms with Crippen LogP contribution in [0.1, 0.15) is 38.2 Å². The van der Waals surface area contributed by atoms with Gasteiger partial charge in [0.2, 0.25) is 17.7 Å². The van der Waals surface area contributed by atoms with Gasteiger partial charge in [-0.1, -0.05) is 12.1 Å². The molecule has 2 fully saturated rings. The molecule has 4 atom stereocenters. The lowest BCUT2D eigenvalue weighted by atomic mass is 10.0. The molecule has 32 heavy (non-hydrogen) atoms. The summed E-state index contributed by atoms with van der Waals surface area (Å²) in [5.41, 5.74) is 0.853. The Hall–Kier alpha value is -2.81. The van der Waals surface area contributed by atoms with Crippen LogP contribution in [0.15, 0.2) is 24.3 Å². The molecule has 2 saturated heterocycles. The lowest BCUT2D eigenvalue weighted by Gasteiger charge is -2.38. The normalized spacial score (nSPS) is 24.3. The van der Waals surface area contributed by atoms with E-state index in [0.29, 0.717) is 32.2 Å². The third-order valence-electron chi connectivity index (χ3n) is 6.43. The second kappa shape index (κ2) is 10.7. The van der Waals surface area contributed by atoms with Crippen molar-refractivity contribution in [1.29, 1.82) is 0 Å². The SMILES string of the molecule is CN[C@@H](C)C(=O)N[C@H]1CN(C(=O)CCc2ccc(F)cc2)CC[C@H]2CC[C@@H](C=O)N2C1=O. The van der Waals surface area contributed by atoms with Crippen molar-refractivity contribution in [3.63, 3.8) is 0 Å². The smallest absolute Gasteiger partial charge is 0.247 e. The highest BCUT2D eigenvalue weighted by Crippen LogP contribution is 2.28. The number of fused-ring (bicyclic) bond motifs is 1. The van der Waals surface area contributed by atoms with Gasteiger partial charge in [0.15, 0.2) is 0 Å². The summed E-state index contributed by atoms with van der Waals surface area (Å²) in [5.74, 6) is -1.12. The molecule has 0 bridgehead atoms. The highest BCUT2D eigenvalue weighted by molar-refractivity contribution is 5.92. The van der Waals surface area contributed by atoms with Gasteiger partial charge in [-0.25, -0.2) is 4.39 Å². The molecule has 1 aromatic carbocycles. The summed E-state index contributed by atoms with van der Waals surface area (Å²) in [5, 5.41) is 5.60. The van der Waals surface area contributed by atoms with E-state index in [0.717, 1.165) is 11.8 Å². The largest absolute Gasteiger partial charge is 0.341 e. The van der Waals surface area contributed by atoms with Crippen LogP contribution in [0.5, 0.6) is 0 Å². The molecule has 174 valence electrons. The molecule has 2 aliphatic rings. The second-order valence-corrected chi connectivity index (χ2v) is 8.51. The van der Waals surface area contributed by atoms with Crippen molar-refractivity contribution in [3.05, 3.63) is 35.6 Å². The first-order valence-corrected chi connectivity index (χ1v) is 11.1. The van der Waals surface area contributed by atoms with Crippen molar-refractivity contribution in [1.82, 2.24) is 20.4 Å². The standard InChI is InChI=1S/C23H31FN4O4/c1-15(25-2)22(31)26-20-13-27(21(30)10-5-16-3-6-17(24)7-4-16)12-11-18-8-9-19(14-29)28(18)23(20)32/h3-4,6-7,14-15,18-20,25H,5,8-13H2,1-2H3,(H,26,31)/t15-,18+,19-,20-/m0/s1. The zero-order chi connectivity index (χ0) is 23.3. The first-order valence-electron chi connectivity index (χ1n) is 11.1. The van der Waals surface area contributed by atoms with Gasteiger partial charge in [0.1, 0.15) is 18.1 Å². The van der Waals surface area contributed by atoms with Gasteiger partial charge >= 0.3 is 0 Å². The molecule has 0 saturated carbocycles. The maximum absolute atomic E-state index is 13.3. The molecule has 3 rings (SSSR count). The molecule has 2 aliphatic heterocycles. The number of aryl methyl sites for hydroxylation is 1. The van der Waals surface area contributed by atoms with E-state index < -0.39 is 18.1 Å². The summed E-state index contributed by atoms with van der Waals surface area (Å²) in [7, 11) is 1.65. The average Bonchev–Trinajstić information content (AvgIpc) is 3.20. The molecule has 0 unspecified atom stereocenters. The summed E-state index contributed by atoms with van der Waals surface area (Å²) in [6, 6.07) is 3.97. The first-order chi connectivity index (χ1) is 15.3. The van der Waals surface area contributed by atoms with Crippen molar-refractivity contribution in [2.45, 2.75) is 63.2 Å². The second-order valence-electron chi connectivity index (χ2n) is 8.51. The van der Waals surface area contributed by atoms with E-state index in [9.17, 15) is 23.6 Å². The minimum Gasteiger partial charge on any atom is -0.341 e. The van der Waals surface area contributed by atoms with Crippen LogP contribution in [0.2, 0.25) is 0 Å². The van der Waals surface area contributed by atoms with Crippen LogP contribution in [0.3, 0.4) is 0 Å². The monoisotopic (exact) mass is 446 g/mol. The fourth-order valence-corrected chi connectivity index (χ4v) is 4.37. The van der Waals surface area contributed by atoms with Crippen LogP contribution in [0, 0.1) is 5.82 Å². The number of carbonyl (C=O) groups excluding carboxylic acids is 4. The lowest BCUT2D eigenvalue weighted by Crippen LogP contribution is -2.61. The average molecular weight is 447 g/mol. The molecule has 9 heteroatoms. The Morgan fingerprint density at radius 2 is 1.94 bits per heavy atom. The summed E-state index contributed by atoms with van der Waals surface area (Å²) in [6.07, 6.45) is 3.34. The lowest BCUT2D eigenvalue weighted by molar-refractivity contribution is -0.145. The molecule has 8 nitrogen and oxygen atoms in total. The van der Waals surface area contributed by atoms with Gasteiger partial charge in [-0.05, 0) is 57.4 Å². The van der Waals surface area contributed by atoms with E-state index in [1.54, 1.807) is 35.9 Å². The maximum atomic E-state index is 13.3. The maximum Gasteiger partial charge on any atom is 0.247 e. The van der Waals surface area contributed by atoms with Crippen LogP contribution < -0.4 is 10.6 Å². The number of carbonyl (C=O) groups is 4. The van der Waals surface area contributed by atoms with Crippen LogP contribution >= 0.6 is 0 Å². The summed E-state index contributed by atoms with van der Waals surface area (Å²) < 4.78 is 13.1. The number of hydrogen-bond donors (Lipinski definition) is 2. The van der Waals surface area contributed by atoms with Crippen molar-refractivity contribution in [2.75, 3.05) is 20.1 Å². The van der Waals surface area contributed by atoms with Crippen molar-refractivity contribution < 1.29 is 23.6 Å². The van der Waals surface area contributed by atoms with Crippen LogP contribution in [0.4, 0.5) is 4.39 Å². The van der Waals surface area contributed by atoms with Gasteiger partial charge in [-0.3, -0.25) is 14.4 Å². The molecular formula is C23H31FN4O4. The Balaban J connectivity index is 1.74. The van der Waals surface area contributed by atoms with Crippen molar-refractivity contribution >= 4 is 24.0 Å². The Bertz CT molecular complexity index is 847. The molecule has 2 heterocycles. The molecule has 0 radical (unpaired) electrons. The minimum atomic E-state index is -0.920. The molecule has 0 aromatic heterocycles.